The molecule has 0 unspecified atom stereocenters. The highest BCUT2D eigenvalue weighted by Crippen LogP contribution is 2.40. The zero-order chi connectivity index (χ0) is 19.8. The standard InChI is InChI=1S/C23H22N4OS/c1-15-10-12-17(13-11-15)21-20-18(8-5-9-19(20)28)24-22-25-23(26-27(21)22)29-14-16-6-3-2-4-7-16/h2-4,6-7,10-13,21H,5,8-9,14H2,1H3,(H,24,25,26)/t21-/m0/s1. The van der Waals surface area contributed by atoms with Gasteiger partial charge in [0.05, 0.1) is 0 Å². The fraction of sp³-hybridized carbons (Fsp3) is 0.261. The largest absolute Gasteiger partial charge is 0.328 e. The van der Waals surface area contributed by atoms with Crippen molar-refractivity contribution in [2.45, 2.75) is 43.1 Å². The van der Waals surface area contributed by atoms with Crippen LogP contribution in [-0.4, -0.2) is 20.5 Å². The van der Waals surface area contributed by atoms with E-state index in [1.165, 1.54) is 11.1 Å². The van der Waals surface area contributed by atoms with Gasteiger partial charge in [0.15, 0.2) is 5.78 Å². The third kappa shape index (κ3) is 3.49. The normalized spacial score (nSPS) is 18.2. The molecule has 5 rings (SSSR count). The number of hydrogen-bond donors (Lipinski definition) is 1. The Bertz CT molecular complexity index is 1090. The molecule has 29 heavy (non-hydrogen) atoms. The zero-order valence-electron chi connectivity index (χ0n) is 16.3. The van der Waals surface area contributed by atoms with E-state index in [1.807, 2.05) is 22.9 Å². The Morgan fingerprint density at radius 1 is 1.10 bits per heavy atom. The van der Waals surface area contributed by atoms with Crippen LogP contribution < -0.4 is 5.32 Å². The molecule has 1 N–H and O–H groups in total. The zero-order valence-corrected chi connectivity index (χ0v) is 17.1. The van der Waals surface area contributed by atoms with E-state index < -0.39 is 0 Å². The molecule has 0 saturated heterocycles. The van der Waals surface area contributed by atoms with Gasteiger partial charge in [0, 0.05) is 23.4 Å². The molecular weight excluding hydrogens is 380 g/mol. The number of Topliss-reactive ketones (excluding diaryl/α,β-unsaturated/α-hetero) is 1. The third-order valence-electron chi connectivity index (χ3n) is 5.45. The summed E-state index contributed by atoms with van der Waals surface area (Å²) in [6, 6.07) is 18.5. The number of rotatable bonds is 4. The number of ketones is 1. The minimum absolute atomic E-state index is 0.212. The van der Waals surface area contributed by atoms with Crippen LogP contribution in [-0.2, 0) is 10.5 Å². The van der Waals surface area contributed by atoms with Gasteiger partial charge >= 0.3 is 0 Å². The van der Waals surface area contributed by atoms with Crippen molar-refractivity contribution < 1.29 is 4.79 Å². The number of aryl methyl sites for hydroxylation is 1. The van der Waals surface area contributed by atoms with Crippen molar-refractivity contribution in [3.8, 4) is 0 Å². The van der Waals surface area contributed by atoms with Crippen LogP contribution in [0.15, 0.2) is 71.0 Å². The maximum atomic E-state index is 12.8. The molecule has 1 aliphatic heterocycles. The molecule has 2 aromatic carbocycles. The van der Waals surface area contributed by atoms with Gasteiger partial charge in [-0.1, -0.05) is 71.9 Å². The maximum absolute atomic E-state index is 12.8. The van der Waals surface area contributed by atoms with Crippen molar-refractivity contribution >= 4 is 23.5 Å². The number of carbonyl (C=O) groups is 1. The summed E-state index contributed by atoms with van der Waals surface area (Å²) in [5.74, 6) is 1.74. The van der Waals surface area contributed by atoms with Crippen LogP contribution in [0, 0.1) is 6.92 Å². The summed E-state index contributed by atoms with van der Waals surface area (Å²) in [7, 11) is 0. The van der Waals surface area contributed by atoms with Gasteiger partial charge in [-0.2, -0.15) is 4.98 Å². The Hall–Kier alpha value is -2.86. The minimum atomic E-state index is -0.215. The number of nitrogens with zero attached hydrogens (tertiary/aromatic N) is 3. The fourth-order valence-corrected chi connectivity index (χ4v) is 4.76. The average molecular weight is 403 g/mol. The summed E-state index contributed by atoms with van der Waals surface area (Å²) >= 11 is 1.61. The van der Waals surface area contributed by atoms with E-state index in [0.717, 1.165) is 46.5 Å². The molecule has 5 nitrogen and oxygen atoms in total. The minimum Gasteiger partial charge on any atom is -0.328 e. The van der Waals surface area contributed by atoms with E-state index in [4.69, 9.17) is 10.1 Å². The molecule has 1 aliphatic carbocycles. The molecule has 1 aromatic heterocycles. The number of aromatic nitrogens is 3. The summed E-state index contributed by atoms with van der Waals surface area (Å²) in [5, 5.41) is 8.91. The van der Waals surface area contributed by atoms with Gasteiger partial charge < -0.3 is 5.32 Å². The van der Waals surface area contributed by atoms with Crippen molar-refractivity contribution in [1.29, 1.82) is 0 Å². The van der Waals surface area contributed by atoms with Crippen molar-refractivity contribution in [1.82, 2.24) is 14.8 Å². The lowest BCUT2D eigenvalue weighted by Crippen LogP contribution is -2.31. The SMILES string of the molecule is Cc1ccc([C@H]2C3=C(CCCC3=O)Nc3nc(SCc4ccccc4)nn32)cc1. The lowest BCUT2D eigenvalue weighted by Gasteiger charge is -2.32. The number of anilines is 1. The van der Waals surface area contributed by atoms with Gasteiger partial charge in [-0.3, -0.25) is 4.79 Å². The molecule has 0 spiro atoms. The third-order valence-corrected chi connectivity index (χ3v) is 6.36. The van der Waals surface area contributed by atoms with Crippen molar-refractivity contribution in [2.24, 2.45) is 0 Å². The molecule has 0 amide bonds. The highest BCUT2D eigenvalue weighted by Gasteiger charge is 2.36. The van der Waals surface area contributed by atoms with Crippen LogP contribution >= 0.6 is 11.8 Å². The number of carbonyl (C=O) groups excluding carboxylic acids is 1. The van der Waals surface area contributed by atoms with Gasteiger partial charge in [-0.25, -0.2) is 4.68 Å². The fourth-order valence-electron chi connectivity index (χ4n) is 3.98. The molecule has 0 radical (unpaired) electrons. The number of thioether (sulfide) groups is 1. The average Bonchev–Trinajstić information content (AvgIpc) is 3.15. The summed E-state index contributed by atoms with van der Waals surface area (Å²) in [6.07, 6.45) is 2.36. The summed E-state index contributed by atoms with van der Waals surface area (Å²) < 4.78 is 1.89. The molecule has 2 heterocycles. The Kier molecular flexibility index (Phi) is 4.72. The molecule has 2 aliphatic rings. The van der Waals surface area contributed by atoms with E-state index >= 15 is 0 Å². The molecular formula is C23H22N4OS. The number of hydrogen-bond acceptors (Lipinski definition) is 5. The van der Waals surface area contributed by atoms with E-state index in [2.05, 4.69) is 48.6 Å². The van der Waals surface area contributed by atoms with Gasteiger partial charge in [0.1, 0.15) is 6.04 Å². The quantitative estimate of drug-likeness (QED) is 0.629. The summed E-state index contributed by atoms with van der Waals surface area (Å²) in [4.78, 5) is 17.6. The first-order valence-electron chi connectivity index (χ1n) is 9.92. The molecule has 0 saturated carbocycles. The van der Waals surface area contributed by atoms with Crippen molar-refractivity contribution in [3.05, 3.63) is 82.6 Å². The van der Waals surface area contributed by atoms with Gasteiger partial charge in [0.25, 0.3) is 0 Å². The maximum Gasteiger partial charge on any atom is 0.227 e. The lowest BCUT2D eigenvalue weighted by molar-refractivity contribution is -0.116. The molecule has 0 fully saturated rings. The number of nitrogens with one attached hydrogen (secondary N) is 1. The van der Waals surface area contributed by atoms with Crippen molar-refractivity contribution in [3.63, 3.8) is 0 Å². The molecule has 0 bridgehead atoms. The summed E-state index contributed by atoms with van der Waals surface area (Å²) in [5.41, 5.74) is 5.36. The van der Waals surface area contributed by atoms with Crippen molar-refractivity contribution in [2.75, 3.05) is 5.32 Å². The van der Waals surface area contributed by atoms with Crippen LogP contribution in [0.5, 0.6) is 0 Å². The Balaban J connectivity index is 1.52. The smallest absolute Gasteiger partial charge is 0.227 e. The van der Waals surface area contributed by atoms with Crippen LogP contribution in [0.25, 0.3) is 0 Å². The predicted octanol–water partition coefficient (Wildman–Crippen LogP) is 4.90. The number of allylic oxidation sites excluding steroid dienone is 2. The molecule has 146 valence electrons. The van der Waals surface area contributed by atoms with E-state index in [9.17, 15) is 4.79 Å². The highest BCUT2D eigenvalue weighted by molar-refractivity contribution is 7.98. The monoisotopic (exact) mass is 402 g/mol. The first kappa shape index (κ1) is 18.2. The first-order valence-corrected chi connectivity index (χ1v) is 10.9. The van der Waals surface area contributed by atoms with Gasteiger partial charge in [-0.15, -0.1) is 5.10 Å². The van der Waals surface area contributed by atoms with Crippen LogP contribution in [0.2, 0.25) is 0 Å². The number of benzene rings is 2. The topological polar surface area (TPSA) is 59.8 Å². The van der Waals surface area contributed by atoms with Gasteiger partial charge in [-0.05, 0) is 30.9 Å². The van der Waals surface area contributed by atoms with Crippen LogP contribution in [0.1, 0.15) is 42.0 Å². The van der Waals surface area contributed by atoms with E-state index in [-0.39, 0.29) is 11.8 Å². The Labute approximate surface area is 174 Å². The second-order valence-corrected chi connectivity index (χ2v) is 8.49. The molecule has 1 atom stereocenters. The second-order valence-electron chi connectivity index (χ2n) is 7.54. The first-order chi connectivity index (χ1) is 14.2. The van der Waals surface area contributed by atoms with E-state index in [0.29, 0.717) is 6.42 Å². The second kappa shape index (κ2) is 7.52. The predicted molar refractivity (Wildman–Crippen MR) is 115 cm³/mol. The van der Waals surface area contributed by atoms with Crippen LogP contribution in [0.4, 0.5) is 5.95 Å². The molecule has 6 heteroatoms. The molecule has 3 aromatic rings. The summed E-state index contributed by atoms with van der Waals surface area (Å²) in [6.45, 7) is 2.07. The highest BCUT2D eigenvalue weighted by atomic mass is 32.2. The van der Waals surface area contributed by atoms with Gasteiger partial charge in [0.2, 0.25) is 11.1 Å². The Morgan fingerprint density at radius 2 is 1.90 bits per heavy atom. The van der Waals surface area contributed by atoms with E-state index in [1.54, 1.807) is 11.8 Å². The lowest BCUT2D eigenvalue weighted by atomic mass is 9.85. The van der Waals surface area contributed by atoms with Crippen LogP contribution in [0.3, 0.4) is 0 Å². The Morgan fingerprint density at radius 3 is 2.69 bits per heavy atom. The number of fused-ring (bicyclic) bond motifs is 1.